The number of rotatable bonds is 9. The minimum atomic E-state index is 0.225. The lowest BCUT2D eigenvalue weighted by Crippen LogP contribution is -2.33. The molecule has 1 aliphatic rings. The van der Waals surface area contributed by atoms with Crippen molar-refractivity contribution in [1.82, 2.24) is 5.32 Å². The SMILES string of the molecule is COc1ccc(C(NCC(C)(C)CCCO)C2CC2)cc1. The first kappa shape index (κ1) is 16.3. The molecule has 1 aromatic rings. The molecule has 0 radical (unpaired) electrons. The lowest BCUT2D eigenvalue weighted by atomic mass is 9.87. The van der Waals surface area contributed by atoms with E-state index in [1.807, 2.05) is 12.1 Å². The Bertz CT molecular complexity index is 423. The fraction of sp³-hybridized carbons (Fsp3) is 0.667. The van der Waals surface area contributed by atoms with Crippen molar-refractivity contribution in [2.24, 2.45) is 11.3 Å². The van der Waals surface area contributed by atoms with E-state index < -0.39 is 0 Å². The second kappa shape index (κ2) is 7.28. The first-order valence-corrected chi connectivity index (χ1v) is 8.04. The van der Waals surface area contributed by atoms with Gasteiger partial charge in [-0.05, 0) is 54.7 Å². The summed E-state index contributed by atoms with van der Waals surface area (Å²) >= 11 is 0. The van der Waals surface area contributed by atoms with Gasteiger partial charge in [-0.15, -0.1) is 0 Å². The quantitative estimate of drug-likeness (QED) is 0.731. The molecule has 2 rings (SSSR count). The molecule has 1 saturated carbocycles. The largest absolute Gasteiger partial charge is 0.497 e. The molecule has 118 valence electrons. The smallest absolute Gasteiger partial charge is 0.118 e. The normalized spacial score (nSPS) is 16.8. The predicted octanol–water partition coefficient (Wildman–Crippen LogP) is 3.53. The van der Waals surface area contributed by atoms with Gasteiger partial charge in [-0.2, -0.15) is 0 Å². The van der Waals surface area contributed by atoms with Gasteiger partial charge in [-0.1, -0.05) is 26.0 Å². The molecule has 0 spiro atoms. The van der Waals surface area contributed by atoms with Gasteiger partial charge in [-0.25, -0.2) is 0 Å². The van der Waals surface area contributed by atoms with E-state index in [4.69, 9.17) is 9.84 Å². The molecule has 2 N–H and O–H groups in total. The Morgan fingerprint density at radius 2 is 1.95 bits per heavy atom. The van der Waals surface area contributed by atoms with Gasteiger partial charge in [-0.3, -0.25) is 0 Å². The van der Waals surface area contributed by atoms with Crippen molar-refractivity contribution in [3.05, 3.63) is 29.8 Å². The van der Waals surface area contributed by atoms with Gasteiger partial charge < -0.3 is 15.2 Å². The minimum absolute atomic E-state index is 0.225. The lowest BCUT2D eigenvalue weighted by Gasteiger charge is -2.29. The Labute approximate surface area is 128 Å². The van der Waals surface area contributed by atoms with E-state index in [2.05, 4.69) is 31.3 Å². The molecule has 1 atom stereocenters. The first-order valence-electron chi connectivity index (χ1n) is 8.04. The van der Waals surface area contributed by atoms with E-state index >= 15 is 0 Å². The number of hydrogen-bond donors (Lipinski definition) is 2. The molecule has 0 bridgehead atoms. The summed E-state index contributed by atoms with van der Waals surface area (Å²) < 4.78 is 5.24. The number of methoxy groups -OCH3 is 1. The zero-order valence-electron chi connectivity index (χ0n) is 13.6. The van der Waals surface area contributed by atoms with E-state index in [1.165, 1.54) is 18.4 Å². The van der Waals surface area contributed by atoms with Crippen LogP contribution in [-0.4, -0.2) is 25.4 Å². The van der Waals surface area contributed by atoms with Crippen LogP contribution < -0.4 is 10.1 Å². The van der Waals surface area contributed by atoms with Gasteiger partial charge in [0.15, 0.2) is 0 Å². The van der Waals surface area contributed by atoms with Crippen LogP contribution in [0.4, 0.5) is 0 Å². The highest BCUT2D eigenvalue weighted by molar-refractivity contribution is 5.30. The molecule has 0 aromatic heterocycles. The highest BCUT2D eigenvalue weighted by Gasteiger charge is 2.33. The number of aliphatic hydroxyl groups excluding tert-OH is 1. The fourth-order valence-corrected chi connectivity index (χ4v) is 2.83. The second-order valence-corrected chi connectivity index (χ2v) is 6.96. The molecule has 0 heterocycles. The zero-order chi connectivity index (χ0) is 15.3. The molecular weight excluding hydrogens is 262 g/mol. The summed E-state index contributed by atoms with van der Waals surface area (Å²) in [5.41, 5.74) is 1.58. The molecule has 1 unspecified atom stereocenters. The van der Waals surface area contributed by atoms with Crippen LogP contribution in [0.3, 0.4) is 0 Å². The molecule has 21 heavy (non-hydrogen) atoms. The van der Waals surface area contributed by atoms with Crippen LogP contribution in [0.15, 0.2) is 24.3 Å². The van der Waals surface area contributed by atoms with Crippen molar-refractivity contribution >= 4 is 0 Å². The molecule has 0 saturated heterocycles. The molecule has 0 amide bonds. The Morgan fingerprint density at radius 3 is 2.48 bits per heavy atom. The summed E-state index contributed by atoms with van der Waals surface area (Å²) in [7, 11) is 1.70. The predicted molar refractivity (Wildman–Crippen MR) is 86.6 cm³/mol. The van der Waals surface area contributed by atoms with Gasteiger partial charge in [0.05, 0.1) is 7.11 Å². The summed E-state index contributed by atoms with van der Waals surface area (Å²) in [6, 6.07) is 8.89. The molecule has 1 aliphatic carbocycles. The van der Waals surface area contributed by atoms with Crippen molar-refractivity contribution in [3.63, 3.8) is 0 Å². The molecule has 3 heteroatoms. The third kappa shape index (κ3) is 5.01. The molecule has 1 aromatic carbocycles. The number of nitrogens with one attached hydrogen (secondary N) is 1. The van der Waals surface area contributed by atoms with E-state index in [0.29, 0.717) is 6.04 Å². The van der Waals surface area contributed by atoms with E-state index in [-0.39, 0.29) is 12.0 Å². The lowest BCUT2D eigenvalue weighted by molar-refractivity contribution is 0.229. The van der Waals surface area contributed by atoms with E-state index in [1.54, 1.807) is 7.11 Å². The second-order valence-electron chi connectivity index (χ2n) is 6.96. The van der Waals surface area contributed by atoms with Gasteiger partial charge in [0.1, 0.15) is 5.75 Å². The zero-order valence-corrected chi connectivity index (χ0v) is 13.6. The van der Waals surface area contributed by atoms with Crippen LogP contribution in [0, 0.1) is 11.3 Å². The number of ether oxygens (including phenoxy) is 1. The van der Waals surface area contributed by atoms with Crippen LogP contribution in [0.25, 0.3) is 0 Å². The standard InChI is InChI=1S/C18H29NO2/c1-18(2,11-4-12-20)13-19-17(14-5-6-14)15-7-9-16(21-3)10-8-15/h7-10,14,17,19-20H,4-6,11-13H2,1-3H3. The van der Waals surface area contributed by atoms with Gasteiger partial charge in [0, 0.05) is 19.2 Å². The minimum Gasteiger partial charge on any atom is -0.497 e. The van der Waals surface area contributed by atoms with Crippen molar-refractivity contribution in [3.8, 4) is 5.75 Å². The highest BCUT2D eigenvalue weighted by Crippen LogP contribution is 2.41. The third-order valence-corrected chi connectivity index (χ3v) is 4.38. The first-order chi connectivity index (χ1) is 10.1. The average molecular weight is 291 g/mol. The summed E-state index contributed by atoms with van der Waals surface area (Å²) in [6.07, 6.45) is 4.57. The van der Waals surface area contributed by atoms with Gasteiger partial charge >= 0.3 is 0 Å². The summed E-state index contributed by atoms with van der Waals surface area (Å²) in [4.78, 5) is 0. The van der Waals surface area contributed by atoms with Crippen LogP contribution >= 0.6 is 0 Å². The van der Waals surface area contributed by atoms with Crippen LogP contribution in [0.5, 0.6) is 5.75 Å². The Balaban J connectivity index is 1.95. The summed E-state index contributed by atoms with van der Waals surface area (Å²) in [6.45, 7) is 5.81. The maximum atomic E-state index is 9.00. The maximum Gasteiger partial charge on any atom is 0.118 e. The summed E-state index contributed by atoms with van der Waals surface area (Å²) in [5, 5.41) is 12.8. The van der Waals surface area contributed by atoms with Crippen molar-refractivity contribution in [1.29, 1.82) is 0 Å². The molecule has 0 aliphatic heterocycles. The Kier molecular flexibility index (Phi) is 5.65. The monoisotopic (exact) mass is 291 g/mol. The molecular formula is C18H29NO2. The van der Waals surface area contributed by atoms with E-state index in [9.17, 15) is 0 Å². The van der Waals surface area contributed by atoms with Crippen LogP contribution in [0.1, 0.15) is 51.1 Å². The maximum absolute atomic E-state index is 9.00. The Morgan fingerprint density at radius 1 is 1.29 bits per heavy atom. The number of benzene rings is 1. The average Bonchev–Trinajstić information content (AvgIpc) is 3.31. The number of aliphatic hydroxyl groups is 1. The summed E-state index contributed by atoms with van der Waals surface area (Å²) in [5.74, 6) is 1.68. The van der Waals surface area contributed by atoms with Crippen molar-refractivity contribution in [2.45, 2.75) is 45.6 Å². The number of hydrogen-bond acceptors (Lipinski definition) is 3. The Hall–Kier alpha value is -1.06. The van der Waals surface area contributed by atoms with Crippen molar-refractivity contribution in [2.75, 3.05) is 20.3 Å². The van der Waals surface area contributed by atoms with Gasteiger partial charge in [0.2, 0.25) is 0 Å². The topological polar surface area (TPSA) is 41.5 Å². The molecule has 1 fully saturated rings. The highest BCUT2D eigenvalue weighted by atomic mass is 16.5. The van der Waals surface area contributed by atoms with Crippen molar-refractivity contribution < 1.29 is 9.84 Å². The van der Waals surface area contributed by atoms with E-state index in [0.717, 1.165) is 31.1 Å². The van der Waals surface area contributed by atoms with Crippen LogP contribution in [0.2, 0.25) is 0 Å². The third-order valence-electron chi connectivity index (χ3n) is 4.38. The fourth-order valence-electron chi connectivity index (χ4n) is 2.83. The molecule has 3 nitrogen and oxygen atoms in total. The van der Waals surface area contributed by atoms with Crippen LogP contribution in [-0.2, 0) is 0 Å². The van der Waals surface area contributed by atoms with Gasteiger partial charge in [0.25, 0.3) is 0 Å².